The third kappa shape index (κ3) is 7.69. The molecule has 7 nitrogen and oxygen atoms in total. The lowest BCUT2D eigenvalue weighted by atomic mass is 9.81. The number of hydrogen-bond acceptors (Lipinski definition) is 5. The minimum Gasteiger partial charge on any atom is -0.438 e. The summed E-state index contributed by atoms with van der Waals surface area (Å²) in [6.07, 6.45) is -8.88. The summed E-state index contributed by atoms with van der Waals surface area (Å²) in [5.41, 5.74) is -3.73. The minimum atomic E-state index is -5.10. The normalized spacial score (nSPS) is 16.1. The Morgan fingerprint density at radius 1 is 0.915 bits per heavy atom. The first kappa shape index (κ1) is 35.7. The van der Waals surface area contributed by atoms with Crippen LogP contribution in [0.2, 0.25) is 0 Å². The molecular formula is C33H35F7N4O3. The van der Waals surface area contributed by atoms with E-state index in [2.05, 4.69) is 10.3 Å². The van der Waals surface area contributed by atoms with Crippen molar-refractivity contribution < 1.29 is 45.1 Å². The monoisotopic (exact) mass is 668 g/mol. The van der Waals surface area contributed by atoms with E-state index < -0.39 is 58.4 Å². The van der Waals surface area contributed by atoms with Crippen molar-refractivity contribution >= 4 is 17.7 Å². The van der Waals surface area contributed by atoms with Crippen molar-refractivity contribution in [3.05, 3.63) is 82.4 Å². The Hall–Kier alpha value is -4.20. The molecule has 1 unspecified atom stereocenters. The second-order valence-corrected chi connectivity index (χ2v) is 12.3. The van der Waals surface area contributed by atoms with Crippen molar-refractivity contribution in [3.63, 3.8) is 0 Å². The summed E-state index contributed by atoms with van der Waals surface area (Å²) < 4.78 is 102. The molecule has 2 aromatic carbocycles. The number of ether oxygens (including phenoxy) is 1. The Balaban J connectivity index is 1.86. The number of halogens is 7. The first-order chi connectivity index (χ1) is 21.7. The predicted molar refractivity (Wildman–Crippen MR) is 161 cm³/mol. The first-order valence-corrected chi connectivity index (χ1v) is 14.7. The summed E-state index contributed by atoms with van der Waals surface area (Å²) in [6.45, 7) is 4.78. The van der Waals surface area contributed by atoms with Crippen LogP contribution in [0.15, 0.2) is 48.7 Å². The van der Waals surface area contributed by atoms with Crippen LogP contribution in [0.1, 0.15) is 60.7 Å². The van der Waals surface area contributed by atoms with Crippen LogP contribution in [-0.4, -0.2) is 55.6 Å². The fourth-order valence-corrected chi connectivity index (χ4v) is 5.53. The number of anilines is 1. The topological polar surface area (TPSA) is 74.8 Å². The van der Waals surface area contributed by atoms with Gasteiger partial charge >= 0.3 is 18.4 Å². The number of likely N-dealkylation sites (N-methyl/N-ethyl adjacent to an activating group) is 1. The van der Waals surface area contributed by atoms with Crippen LogP contribution in [0.4, 0.5) is 41.2 Å². The number of nitrogens with zero attached hydrogens (tertiary/aromatic N) is 3. The summed E-state index contributed by atoms with van der Waals surface area (Å²) in [5.74, 6) is -1.36. The molecule has 1 N–H and O–H groups in total. The molecule has 254 valence electrons. The predicted octanol–water partition coefficient (Wildman–Crippen LogP) is 7.67. The molecule has 1 aliphatic heterocycles. The molecule has 0 radical (unpaired) electrons. The second-order valence-electron chi connectivity index (χ2n) is 12.3. The summed E-state index contributed by atoms with van der Waals surface area (Å²) in [6, 6.07) is 6.33. The quantitative estimate of drug-likeness (QED) is 0.262. The third-order valence-electron chi connectivity index (χ3n) is 8.24. The number of hydrogen-bond donors (Lipinski definition) is 1. The molecule has 1 fully saturated rings. The number of aromatic nitrogens is 1. The van der Waals surface area contributed by atoms with Gasteiger partial charge in [0.15, 0.2) is 6.10 Å². The van der Waals surface area contributed by atoms with Crippen molar-refractivity contribution in [1.29, 1.82) is 0 Å². The maximum atomic E-state index is 14.2. The number of aryl methyl sites for hydroxylation is 1. The smallest absolute Gasteiger partial charge is 0.416 e. The molecule has 2 heterocycles. The van der Waals surface area contributed by atoms with Gasteiger partial charge in [-0.1, -0.05) is 6.07 Å². The summed E-state index contributed by atoms with van der Waals surface area (Å²) in [7, 11) is 4.37. The van der Waals surface area contributed by atoms with Gasteiger partial charge in [0.1, 0.15) is 5.82 Å². The van der Waals surface area contributed by atoms with Crippen molar-refractivity contribution in [2.45, 2.75) is 63.5 Å². The van der Waals surface area contributed by atoms with Crippen LogP contribution in [0, 0.1) is 12.7 Å². The van der Waals surface area contributed by atoms with Gasteiger partial charge in [-0.05, 0) is 93.2 Å². The molecule has 4 rings (SSSR count). The highest BCUT2D eigenvalue weighted by molar-refractivity contribution is 6.03. The molecule has 47 heavy (non-hydrogen) atoms. The SMILES string of the molecule is Cc1cc(F)ccc1-c1cc(C(OC(=O)N(C)C)[C@@H]2CCCN2)ncc1N(C)C(=O)C(C)(C)c1cc(C(F)(F)F)cc(C(F)(F)F)c1. The first-order valence-electron chi connectivity index (χ1n) is 14.7. The number of carbonyl (C=O) groups is 2. The molecule has 0 bridgehead atoms. The lowest BCUT2D eigenvalue weighted by molar-refractivity contribution is -0.143. The average molecular weight is 669 g/mol. The fourth-order valence-electron chi connectivity index (χ4n) is 5.53. The van der Waals surface area contributed by atoms with E-state index in [-0.39, 0.29) is 17.8 Å². The highest BCUT2D eigenvalue weighted by atomic mass is 19.4. The van der Waals surface area contributed by atoms with Crippen LogP contribution < -0.4 is 10.2 Å². The highest BCUT2D eigenvalue weighted by Gasteiger charge is 2.41. The zero-order valence-corrected chi connectivity index (χ0v) is 26.6. The number of carbonyl (C=O) groups excluding carboxylic acids is 2. The molecule has 1 saturated heterocycles. The van der Waals surface area contributed by atoms with Crippen molar-refractivity contribution in [2.75, 3.05) is 32.6 Å². The fraction of sp³-hybridized carbons (Fsp3) is 0.424. The molecule has 1 aromatic heterocycles. The van der Waals surface area contributed by atoms with Gasteiger partial charge in [0.2, 0.25) is 5.91 Å². The Bertz CT molecular complexity index is 1620. The number of pyridine rings is 1. The molecule has 2 atom stereocenters. The molecule has 3 aromatic rings. The van der Waals surface area contributed by atoms with Gasteiger partial charge in [-0.15, -0.1) is 0 Å². The van der Waals surface area contributed by atoms with Crippen LogP contribution in [0.3, 0.4) is 0 Å². The lowest BCUT2D eigenvalue weighted by Gasteiger charge is -2.32. The summed E-state index contributed by atoms with van der Waals surface area (Å²) in [4.78, 5) is 33.5. The summed E-state index contributed by atoms with van der Waals surface area (Å²) in [5, 5.41) is 3.29. The molecule has 1 aliphatic rings. The Labute approximate surface area is 267 Å². The van der Waals surface area contributed by atoms with Gasteiger partial charge in [0, 0.05) is 26.7 Å². The van der Waals surface area contributed by atoms with E-state index in [0.29, 0.717) is 47.5 Å². The molecule has 0 aliphatic carbocycles. The zero-order valence-electron chi connectivity index (χ0n) is 26.6. The van der Waals surface area contributed by atoms with Gasteiger partial charge in [0.05, 0.1) is 40.2 Å². The van der Waals surface area contributed by atoms with Crippen molar-refractivity contribution in [3.8, 4) is 11.1 Å². The van der Waals surface area contributed by atoms with E-state index in [4.69, 9.17) is 4.74 Å². The Morgan fingerprint density at radius 2 is 1.51 bits per heavy atom. The van der Waals surface area contributed by atoms with Gasteiger partial charge < -0.3 is 19.9 Å². The molecule has 2 amide bonds. The number of benzene rings is 2. The number of nitrogens with one attached hydrogen (secondary N) is 1. The van der Waals surface area contributed by atoms with Gasteiger partial charge in [-0.2, -0.15) is 26.3 Å². The number of alkyl halides is 6. The molecule has 0 saturated carbocycles. The number of amides is 2. The van der Waals surface area contributed by atoms with Crippen LogP contribution in [0.5, 0.6) is 0 Å². The average Bonchev–Trinajstić information content (AvgIpc) is 3.52. The van der Waals surface area contributed by atoms with Gasteiger partial charge in [0.25, 0.3) is 0 Å². The highest BCUT2D eigenvalue weighted by Crippen LogP contribution is 2.41. The lowest BCUT2D eigenvalue weighted by Crippen LogP contribution is -2.42. The largest absolute Gasteiger partial charge is 0.438 e. The third-order valence-corrected chi connectivity index (χ3v) is 8.24. The Morgan fingerprint density at radius 3 is 2.02 bits per heavy atom. The van der Waals surface area contributed by atoms with E-state index >= 15 is 0 Å². The Kier molecular flexibility index (Phi) is 9.96. The summed E-state index contributed by atoms with van der Waals surface area (Å²) >= 11 is 0. The van der Waals surface area contributed by atoms with E-state index in [1.807, 2.05) is 0 Å². The van der Waals surface area contributed by atoms with Crippen LogP contribution in [-0.2, 0) is 27.3 Å². The maximum Gasteiger partial charge on any atom is 0.416 e. The van der Waals surface area contributed by atoms with Gasteiger partial charge in [-0.3, -0.25) is 9.78 Å². The van der Waals surface area contributed by atoms with Gasteiger partial charge in [-0.25, -0.2) is 9.18 Å². The van der Waals surface area contributed by atoms with Crippen molar-refractivity contribution in [2.24, 2.45) is 0 Å². The van der Waals surface area contributed by atoms with E-state index in [1.54, 1.807) is 13.0 Å². The van der Waals surface area contributed by atoms with E-state index in [0.717, 1.165) is 11.3 Å². The molecule has 0 spiro atoms. The van der Waals surface area contributed by atoms with Crippen molar-refractivity contribution in [1.82, 2.24) is 15.2 Å². The maximum absolute atomic E-state index is 14.2. The second kappa shape index (κ2) is 13.1. The number of rotatable bonds is 7. The molecular weight excluding hydrogens is 633 g/mol. The van der Waals surface area contributed by atoms with E-state index in [9.17, 15) is 40.3 Å². The van der Waals surface area contributed by atoms with Crippen LogP contribution in [0.25, 0.3) is 11.1 Å². The molecule has 14 heteroatoms. The zero-order chi connectivity index (χ0) is 35.1. The van der Waals surface area contributed by atoms with E-state index in [1.165, 1.54) is 64.3 Å². The standard InChI is InChI=1S/C33H35F7N4O3/c1-18-12-22(34)9-10-23(18)24-16-26(28(25-8-7-11-41-25)47-30(46)43(4)5)42-17-27(24)44(6)29(45)31(2,3)19-13-20(32(35,36)37)15-21(14-19)33(38,39)40/h9-10,12-17,25,28,41H,7-8,11H2,1-6H3/t25-,28?/m0/s1. The minimum absolute atomic E-state index is 0.00453. The van der Waals surface area contributed by atoms with Crippen LogP contribution >= 0.6 is 0 Å².